The summed E-state index contributed by atoms with van der Waals surface area (Å²) in [7, 11) is 0. The molecule has 1 saturated heterocycles. The first-order valence-electron chi connectivity index (χ1n) is 6.35. The van der Waals surface area contributed by atoms with Gasteiger partial charge in [0.05, 0.1) is 0 Å². The van der Waals surface area contributed by atoms with Gasteiger partial charge in [-0.3, -0.25) is 4.79 Å². The molecule has 1 aliphatic rings. The normalized spacial score (nSPS) is 15.7. The molecule has 2 rings (SSSR count). The Kier molecular flexibility index (Phi) is 3.97. The van der Waals surface area contributed by atoms with Crippen molar-refractivity contribution in [1.82, 2.24) is 4.90 Å². The maximum absolute atomic E-state index is 11.8. The number of likely N-dealkylation sites (tertiary alicyclic amines) is 1. The highest BCUT2D eigenvalue weighted by atomic mass is 16.2. The number of hydrogen-bond acceptors (Lipinski definition) is 1. The van der Waals surface area contributed by atoms with Gasteiger partial charge in [-0.2, -0.15) is 0 Å². The summed E-state index contributed by atoms with van der Waals surface area (Å²) < 4.78 is 0. The van der Waals surface area contributed by atoms with Crippen molar-refractivity contribution in [1.29, 1.82) is 0 Å². The molecule has 17 heavy (non-hydrogen) atoms. The zero-order valence-corrected chi connectivity index (χ0v) is 10.4. The fourth-order valence-electron chi connectivity index (χ4n) is 2.07. The minimum absolute atomic E-state index is 0.141. The Morgan fingerprint density at radius 1 is 1.24 bits per heavy atom. The molecule has 0 aliphatic carbocycles. The van der Waals surface area contributed by atoms with Crippen molar-refractivity contribution < 1.29 is 4.79 Å². The van der Waals surface area contributed by atoms with E-state index in [4.69, 9.17) is 0 Å². The summed E-state index contributed by atoms with van der Waals surface area (Å²) in [6.07, 6.45) is 6.93. The van der Waals surface area contributed by atoms with Gasteiger partial charge in [-0.25, -0.2) is 0 Å². The fraction of sp³-hybridized carbons (Fsp3) is 0.400. The maximum atomic E-state index is 11.8. The van der Waals surface area contributed by atoms with Gasteiger partial charge < -0.3 is 4.90 Å². The molecule has 2 heteroatoms. The van der Waals surface area contributed by atoms with Gasteiger partial charge in [0.25, 0.3) is 0 Å². The van der Waals surface area contributed by atoms with Crippen molar-refractivity contribution in [2.24, 2.45) is 0 Å². The molecule has 0 radical (unpaired) electrons. The van der Waals surface area contributed by atoms with Gasteiger partial charge in [-0.1, -0.05) is 31.2 Å². The van der Waals surface area contributed by atoms with Crippen molar-refractivity contribution in [3.63, 3.8) is 0 Å². The average molecular weight is 229 g/mol. The molecule has 1 amide bonds. The predicted octanol–water partition coefficient (Wildman–Crippen LogP) is 2.88. The van der Waals surface area contributed by atoms with Crippen molar-refractivity contribution in [2.45, 2.75) is 26.2 Å². The largest absolute Gasteiger partial charge is 0.339 e. The topological polar surface area (TPSA) is 20.3 Å². The molecule has 0 atom stereocenters. The van der Waals surface area contributed by atoms with E-state index in [2.05, 4.69) is 31.2 Å². The highest BCUT2D eigenvalue weighted by Crippen LogP contribution is 2.10. The summed E-state index contributed by atoms with van der Waals surface area (Å²) in [5.41, 5.74) is 2.42. The van der Waals surface area contributed by atoms with E-state index in [0.717, 1.165) is 37.9 Å². The summed E-state index contributed by atoms with van der Waals surface area (Å²) in [5, 5.41) is 0. The third-order valence-corrected chi connectivity index (χ3v) is 3.22. The molecule has 1 aromatic carbocycles. The first-order valence-corrected chi connectivity index (χ1v) is 6.35. The predicted molar refractivity (Wildman–Crippen MR) is 70.7 cm³/mol. The van der Waals surface area contributed by atoms with Crippen molar-refractivity contribution in [3.8, 4) is 0 Å². The maximum Gasteiger partial charge on any atom is 0.246 e. The lowest BCUT2D eigenvalue weighted by molar-refractivity contribution is -0.124. The van der Waals surface area contributed by atoms with Gasteiger partial charge in [-0.15, -0.1) is 0 Å². The Balaban J connectivity index is 1.96. The van der Waals surface area contributed by atoms with Crippen LogP contribution < -0.4 is 0 Å². The van der Waals surface area contributed by atoms with E-state index in [0.29, 0.717) is 0 Å². The zero-order valence-electron chi connectivity index (χ0n) is 10.4. The second-order valence-electron chi connectivity index (χ2n) is 4.46. The van der Waals surface area contributed by atoms with Gasteiger partial charge in [0.15, 0.2) is 0 Å². The SMILES string of the molecule is CCc1ccc(/C=C\C(=O)N2CCCC2)cc1. The minimum atomic E-state index is 0.141. The lowest BCUT2D eigenvalue weighted by atomic mass is 10.1. The number of amides is 1. The standard InChI is InChI=1S/C15H19NO/c1-2-13-5-7-14(8-6-13)9-10-15(17)16-11-3-4-12-16/h5-10H,2-4,11-12H2,1H3/b10-9-. The molecule has 1 heterocycles. The highest BCUT2D eigenvalue weighted by Gasteiger charge is 2.14. The van der Waals surface area contributed by atoms with Crippen LogP contribution in [0.3, 0.4) is 0 Å². The molecule has 0 aromatic heterocycles. The highest BCUT2D eigenvalue weighted by molar-refractivity contribution is 5.91. The fourth-order valence-corrected chi connectivity index (χ4v) is 2.07. The monoisotopic (exact) mass is 229 g/mol. The van der Waals surface area contributed by atoms with Crippen LogP contribution in [-0.2, 0) is 11.2 Å². The van der Waals surface area contributed by atoms with Crippen LogP contribution in [0.15, 0.2) is 30.3 Å². The molecule has 1 aliphatic heterocycles. The summed E-state index contributed by atoms with van der Waals surface area (Å²) in [4.78, 5) is 13.7. The van der Waals surface area contributed by atoms with Crippen LogP contribution >= 0.6 is 0 Å². The van der Waals surface area contributed by atoms with Crippen LogP contribution in [0.4, 0.5) is 0 Å². The third-order valence-electron chi connectivity index (χ3n) is 3.22. The van der Waals surface area contributed by atoms with Crippen LogP contribution in [0.1, 0.15) is 30.9 Å². The molecule has 1 aromatic rings. The van der Waals surface area contributed by atoms with Gasteiger partial charge in [-0.05, 0) is 36.5 Å². The van der Waals surface area contributed by atoms with Crippen LogP contribution in [-0.4, -0.2) is 23.9 Å². The average Bonchev–Trinajstić information content (AvgIpc) is 2.90. The number of nitrogens with zero attached hydrogens (tertiary/aromatic N) is 1. The lowest BCUT2D eigenvalue weighted by Crippen LogP contribution is -2.25. The quantitative estimate of drug-likeness (QED) is 0.730. The molecule has 0 saturated carbocycles. The molecular formula is C15H19NO. The van der Waals surface area contributed by atoms with E-state index < -0.39 is 0 Å². The Morgan fingerprint density at radius 3 is 2.47 bits per heavy atom. The number of aryl methyl sites for hydroxylation is 1. The van der Waals surface area contributed by atoms with Gasteiger partial charge in [0.1, 0.15) is 0 Å². The summed E-state index contributed by atoms with van der Waals surface area (Å²) in [6, 6.07) is 8.35. The van der Waals surface area contributed by atoms with E-state index in [1.54, 1.807) is 6.08 Å². The summed E-state index contributed by atoms with van der Waals surface area (Å²) >= 11 is 0. The first kappa shape index (κ1) is 11.9. The van der Waals surface area contributed by atoms with E-state index in [1.165, 1.54) is 5.56 Å². The van der Waals surface area contributed by atoms with E-state index in [1.807, 2.05) is 11.0 Å². The Bertz CT molecular complexity index is 399. The Hall–Kier alpha value is -1.57. The van der Waals surface area contributed by atoms with E-state index >= 15 is 0 Å². The molecule has 0 spiro atoms. The minimum Gasteiger partial charge on any atom is -0.339 e. The number of hydrogen-bond donors (Lipinski definition) is 0. The van der Waals surface area contributed by atoms with Crippen LogP contribution in [0.2, 0.25) is 0 Å². The van der Waals surface area contributed by atoms with Crippen molar-refractivity contribution in [3.05, 3.63) is 41.5 Å². The second-order valence-corrected chi connectivity index (χ2v) is 4.46. The smallest absolute Gasteiger partial charge is 0.246 e. The van der Waals surface area contributed by atoms with Crippen LogP contribution in [0.25, 0.3) is 6.08 Å². The van der Waals surface area contributed by atoms with Crippen LogP contribution in [0, 0.1) is 0 Å². The Labute approximate surface area is 103 Å². The number of carbonyl (C=O) groups is 1. The number of benzene rings is 1. The molecule has 1 fully saturated rings. The van der Waals surface area contributed by atoms with Crippen molar-refractivity contribution in [2.75, 3.05) is 13.1 Å². The van der Waals surface area contributed by atoms with Gasteiger partial charge >= 0.3 is 0 Å². The summed E-state index contributed by atoms with van der Waals surface area (Å²) in [5.74, 6) is 0.141. The molecule has 0 bridgehead atoms. The van der Waals surface area contributed by atoms with Crippen molar-refractivity contribution >= 4 is 12.0 Å². The molecule has 2 nitrogen and oxygen atoms in total. The zero-order chi connectivity index (χ0) is 12.1. The van der Waals surface area contributed by atoms with Crippen LogP contribution in [0.5, 0.6) is 0 Å². The molecule has 0 unspecified atom stereocenters. The molecule has 90 valence electrons. The number of rotatable bonds is 3. The third kappa shape index (κ3) is 3.19. The first-order chi connectivity index (χ1) is 8.29. The second kappa shape index (κ2) is 5.67. The lowest BCUT2D eigenvalue weighted by Gasteiger charge is -2.11. The number of carbonyl (C=O) groups excluding carboxylic acids is 1. The Morgan fingerprint density at radius 2 is 1.88 bits per heavy atom. The van der Waals surface area contributed by atoms with Gasteiger partial charge in [0, 0.05) is 19.2 Å². The van der Waals surface area contributed by atoms with E-state index in [-0.39, 0.29) is 5.91 Å². The van der Waals surface area contributed by atoms with E-state index in [9.17, 15) is 4.79 Å². The summed E-state index contributed by atoms with van der Waals surface area (Å²) in [6.45, 7) is 3.97. The molecule has 0 N–H and O–H groups in total. The van der Waals surface area contributed by atoms with Gasteiger partial charge in [0.2, 0.25) is 5.91 Å². The molecular weight excluding hydrogens is 210 g/mol.